The maximum atomic E-state index is 12.3. The minimum absolute atomic E-state index is 0.0841. The summed E-state index contributed by atoms with van der Waals surface area (Å²) in [6, 6.07) is 14.2. The Kier molecular flexibility index (Phi) is 2.72. The number of amides is 1. The normalized spacial score (nSPS) is 19.1. The van der Waals surface area contributed by atoms with Crippen molar-refractivity contribution in [2.45, 2.75) is 6.17 Å². The van der Waals surface area contributed by atoms with E-state index in [0.29, 0.717) is 16.9 Å². The number of nitrogens with one attached hydrogen (secondary N) is 1. The molecule has 2 aromatic rings. The first-order valence-corrected chi connectivity index (χ1v) is 6.88. The Balaban J connectivity index is 1.79. The smallest absolute Gasteiger partial charge is 0.258 e. The Labute approximate surface area is 126 Å². The largest absolute Gasteiger partial charge is 0.508 e. The van der Waals surface area contributed by atoms with Gasteiger partial charge in [-0.25, -0.2) is 4.99 Å². The second-order valence-electron chi connectivity index (χ2n) is 5.07. The van der Waals surface area contributed by atoms with E-state index in [0.717, 1.165) is 5.56 Å². The number of fused-ring (bicyclic) bond motifs is 2. The lowest BCUT2D eigenvalue weighted by Gasteiger charge is -2.27. The fourth-order valence-corrected chi connectivity index (χ4v) is 2.55. The van der Waals surface area contributed by atoms with Gasteiger partial charge in [-0.1, -0.05) is 36.4 Å². The highest BCUT2D eigenvalue weighted by molar-refractivity contribution is 6.24. The number of rotatable bonds is 1. The average molecular weight is 292 g/mol. The van der Waals surface area contributed by atoms with E-state index in [2.05, 4.69) is 10.3 Å². The molecule has 4 rings (SSSR count). The van der Waals surface area contributed by atoms with Crippen molar-refractivity contribution in [2.75, 3.05) is 0 Å². The monoisotopic (exact) mass is 292 g/mol. The quantitative estimate of drug-likeness (QED) is 0.848. The molecule has 0 aliphatic carbocycles. The molecular weight excluding hydrogens is 280 g/mol. The summed E-state index contributed by atoms with van der Waals surface area (Å²) < 4.78 is 5.74. The molecule has 108 valence electrons. The van der Waals surface area contributed by atoms with Gasteiger partial charge in [-0.2, -0.15) is 0 Å². The van der Waals surface area contributed by atoms with Crippen LogP contribution in [0.3, 0.4) is 0 Å². The zero-order valence-electron chi connectivity index (χ0n) is 11.5. The molecule has 5 heteroatoms. The Morgan fingerprint density at radius 3 is 2.73 bits per heavy atom. The van der Waals surface area contributed by atoms with Gasteiger partial charge in [0.25, 0.3) is 5.91 Å². The van der Waals surface area contributed by atoms with Crippen molar-refractivity contribution in [3.63, 3.8) is 0 Å². The summed E-state index contributed by atoms with van der Waals surface area (Å²) in [5.74, 6) is 0.750. The first-order valence-electron chi connectivity index (χ1n) is 6.88. The molecule has 2 N–H and O–H groups in total. The van der Waals surface area contributed by atoms with E-state index < -0.39 is 6.17 Å². The van der Waals surface area contributed by atoms with Crippen molar-refractivity contribution >= 4 is 17.9 Å². The number of benzene rings is 2. The fraction of sp³-hybridized carbons (Fsp3) is 0.0588. The molecule has 1 atom stereocenters. The van der Waals surface area contributed by atoms with Gasteiger partial charge in [-0.05, 0) is 18.2 Å². The van der Waals surface area contributed by atoms with Crippen LogP contribution in [-0.2, 0) is 4.79 Å². The molecule has 0 bridgehead atoms. The number of hydrogen-bond acceptors (Lipinski definition) is 4. The van der Waals surface area contributed by atoms with Crippen molar-refractivity contribution in [1.29, 1.82) is 0 Å². The SMILES string of the molecule is O=C1N[C@@H](c2ccccc2O)N=C2Oc3ccccc3C=C12. The molecule has 2 aromatic carbocycles. The van der Waals surface area contributed by atoms with Crippen LogP contribution < -0.4 is 10.1 Å². The molecule has 22 heavy (non-hydrogen) atoms. The number of nitrogens with zero attached hydrogens (tertiary/aromatic N) is 1. The molecule has 0 aromatic heterocycles. The molecule has 0 saturated heterocycles. The molecule has 1 amide bonds. The lowest BCUT2D eigenvalue weighted by molar-refractivity contribution is -0.118. The first-order chi connectivity index (χ1) is 10.7. The number of aliphatic imine (C=N–C) groups is 1. The average Bonchev–Trinajstić information content (AvgIpc) is 2.53. The molecule has 5 nitrogen and oxygen atoms in total. The summed E-state index contributed by atoms with van der Waals surface area (Å²) in [6.45, 7) is 0. The van der Waals surface area contributed by atoms with Gasteiger partial charge in [0, 0.05) is 11.1 Å². The standard InChI is InChI=1S/C17H12N2O3/c20-13-7-3-2-6-11(13)15-18-16(21)12-9-10-5-1-4-8-14(10)22-17(12)19-15/h1-9,15,20H,(H,18,21)/t15-/m1/s1. The van der Waals surface area contributed by atoms with Crippen LogP contribution in [0.2, 0.25) is 0 Å². The number of aromatic hydroxyl groups is 1. The summed E-state index contributed by atoms with van der Waals surface area (Å²) in [5, 5.41) is 12.7. The first kappa shape index (κ1) is 12.6. The third kappa shape index (κ3) is 1.95. The van der Waals surface area contributed by atoms with Crippen LogP contribution in [0.1, 0.15) is 17.3 Å². The molecule has 2 aliphatic rings. The molecule has 0 fully saturated rings. The van der Waals surface area contributed by atoms with Crippen molar-refractivity contribution in [3.8, 4) is 11.5 Å². The van der Waals surface area contributed by atoms with Crippen molar-refractivity contribution in [3.05, 3.63) is 65.2 Å². The Bertz CT molecular complexity index is 839. The Hall–Kier alpha value is -3.08. The van der Waals surface area contributed by atoms with Crippen LogP contribution in [0.15, 0.2) is 59.1 Å². The minimum atomic E-state index is -0.661. The van der Waals surface area contributed by atoms with E-state index in [1.807, 2.05) is 24.3 Å². The zero-order valence-corrected chi connectivity index (χ0v) is 11.5. The maximum absolute atomic E-state index is 12.3. The Morgan fingerprint density at radius 2 is 1.86 bits per heavy atom. The van der Waals surface area contributed by atoms with Gasteiger partial charge < -0.3 is 15.2 Å². The number of hydrogen-bond donors (Lipinski definition) is 2. The summed E-state index contributed by atoms with van der Waals surface area (Å²) in [7, 11) is 0. The number of ether oxygens (including phenoxy) is 1. The van der Waals surface area contributed by atoms with E-state index in [4.69, 9.17) is 4.74 Å². The third-order valence-electron chi connectivity index (χ3n) is 3.65. The molecule has 0 saturated carbocycles. The van der Waals surface area contributed by atoms with E-state index in [-0.39, 0.29) is 17.6 Å². The predicted molar refractivity (Wildman–Crippen MR) is 81.5 cm³/mol. The van der Waals surface area contributed by atoms with E-state index >= 15 is 0 Å². The second-order valence-corrected chi connectivity index (χ2v) is 5.07. The maximum Gasteiger partial charge on any atom is 0.258 e. The summed E-state index contributed by atoms with van der Waals surface area (Å²) in [4.78, 5) is 16.7. The minimum Gasteiger partial charge on any atom is -0.508 e. The Morgan fingerprint density at radius 1 is 1.09 bits per heavy atom. The van der Waals surface area contributed by atoms with Crippen LogP contribution in [0.4, 0.5) is 0 Å². The molecule has 0 spiro atoms. The van der Waals surface area contributed by atoms with Gasteiger partial charge in [0.15, 0.2) is 6.17 Å². The van der Waals surface area contributed by atoms with Crippen LogP contribution in [-0.4, -0.2) is 16.9 Å². The number of phenols is 1. The van der Waals surface area contributed by atoms with Crippen LogP contribution >= 0.6 is 0 Å². The lowest BCUT2D eigenvalue weighted by atomic mass is 10.0. The second kappa shape index (κ2) is 4.73. The summed E-state index contributed by atoms with van der Waals surface area (Å²) in [6.07, 6.45) is 1.10. The summed E-state index contributed by atoms with van der Waals surface area (Å²) >= 11 is 0. The number of carbonyl (C=O) groups excluding carboxylic acids is 1. The van der Waals surface area contributed by atoms with Gasteiger partial charge in [0.1, 0.15) is 17.1 Å². The van der Waals surface area contributed by atoms with Crippen LogP contribution in [0, 0.1) is 0 Å². The van der Waals surface area contributed by atoms with E-state index in [1.165, 1.54) is 0 Å². The highest BCUT2D eigenvalue weighted by atomic mass is 16.5. The number of carbonyl (C=O) groups is 1. The summed E-state index contributed by atoms with van der Waals surface area (Å²) in [5.41, 5.74) is 1.77. The molecule has 0 unspecified atom stereocenters. The van der Waals surface area contributed by atoms with Crippen molar-refractivity contribution in [1.82, 2.24) is 5.32 Å². The van der Waals surface area contributed by atoms with Crippen molar-refractivity contribution in [2.24, 2.45) is 4.99 Å². The third-order valence-corrected chi connectivity index (χ3v) is 3.65. The highest BCUT2D eigenvalue weighted by Gasteiger charge is 2.32. The van der Waals surface area contributed by atoms with Gasteiger partial charge in [0.05, 0.1) is 0 Å². The lowest BCUT2D eigenvalue weighted by Crippen LogP contribution is -2.39. The predicted octanol–water partition coefficient (Wildman–Crippen LogP) is 2.40. The molecule has 2 aliphatic heterocycles. The highest BCUT2D eigenvalue weighted by Crippen LogP contribution is 2.33. The van der Waals surface area contributed by atoms with E-state index in [1.54, 1.807) is 30.3 Å². The number of phenolic OH excluding ortho intramolecular Hbond substituents is 1. The number of para-hydroxylation sites is 2. The zero-order chi connectivity index (χ0) is 15.1. The van der Waals surface area contributed by atoms with Gasteiger partial charge in [-0.15, -0.1) is 0 Å². The molecular formula is C17H12N2O3. The van der Waals surface area contributed by atoms with Gasteiger partial charge >= 0.3 is 0 Å². The van der Waals surface area contributed by atoms with Gasteiger partial charge in [0.2, 0.25) is 5.90 Å². The topological polar surface area (TPSA) is 70.9 Å². The molecule has 2 heterocycles. The molecule has 0 radical (unpaired) electrons. The van der Waals surface area contributed by atoms with Crippen LogP contribution in [0.5, 0.6) is 11.5 Å². The van der Waals surface area contributed by atoms with Crippen LogP contribution in [0.25, 0.3) is 6.08 Å². The fourth-order valence-electron chi connectivity index (χ4n) is 2.55. The van der Waals surface area contributed by atoms with E-state index in [9.17, 15) is 9.90 Å². The van der Waals surface area contributed by atoms with Crippen molar-refractivity contribution < 1.29 is 14.6 Å². The van der Waals surface area contributed by atoms with Gasteiger partial charge in [-0.3, -0.25) is 4.79 Å².